The van der Waals surface area contributed by atoms with Crippen LogP contribution in [0.5, 0.6) is 0 Å². The summed E-state index contributed by atoms with van der Waals surface area (Å²) >= 11 is 0. The second-order valence-corrected chi connectivity index (χ2v) is 10.7. The van der Waals surface area contributed by atoms with Gasteiger partial charge >= 0.3 is 0 Å². The minimum atomic E-state index is -0.459. The third-order valence-corrected chi connectivity index (χ3v) is 7.75. The number of rotatable bonds is 11. The number of hydrogen-bond donors (Lipinski definition) is 1. The molecule has 0 saturated carbocycles. The van der Waals surface area contributed by atoms with E-state index >= 15 is 0 Å². The number of fused-ring (bicyclic) bond motifs is 1. The highest BCUT2D eigenvalue weighted by molar-refractivity contribution is 6.01. The SMILES string of the molecule is C=C1CCC(N2Cc3cc(CCC(=O)Cc4ccc(CCCCc5ccncc5)cc4)ccc3C2=O)C(=O)N1. The normalized spacial score (nSPS) is 16.8. The van der Waals surface area contributed by atoms with Crippen LogP contribution in [0.3, 0.4) is 0 Å². The van der Waals surface area contributed by atoms with Crippen molar-refractivity contribution in [2.24, 2.45) is 0 Å². The number of hydrogen-bond acceptors (Lipinski definition) is 4. The van der Waals surface area contributed by atoms with E-state index in [1.165, 1.54) is 11.1 Å². The van der Waals surface area contributed by atoms with Crippen molar-refractivity contribution in [1.82, 2.24) is 15.2 Å². The lowest BCUT2D eigenvalue weighted by molar-refractivity contribution is -0.126. The maximum atomic E-state index is 12.9. The van der Waals surface area contributed by atoms with E-state index < -0.39 is 6.04 Å². The molecule has 1 aromatic heterocycles. The first kappa shape index (κ1) is 26.5. The molecule has 1 fully saturated rings. The highest BCUT2D eigenvalue weighted by Crippen LogP contribution is 2.29. The second kappa shape index (κ2) is 12.2. The molecule has 6 nitrogen and oxygen atoms in total. The summed E-state index contributed by atoms with van der Waals surface area (Å²) in [6.07, 6.45) is 10.9. The number of pyridine rings is 1. The molecule has 1 atom stereocenters. The molecule has 1 unspecified atom stereocenters. The van der Waals surface area contributed by atoms with Crippen molar-refractivity contribution in [3.8, 4) is 0 Å². The van der Waals surface area contributed by atoms with E-state index in [1.54, 1.807) is 4.90 Å². The summed E-state index contributed by atoms with van der Waals surface area (Å²) in [6, 6.07) is 17.9. The van der Waals surface area contributed by atoms with Crippen molar-refractivity contribution >= 4 is 17.6 Å². The Bertz CT molecular complexity index is 1360. The number of Topliss-reactive ketones (excluding diaryl/α,β-unsaturated/α-hetero) is 1. The van der Waals surface area contributed by atoms with Gasteiger partial charge in [-0.3, -0.25) is 19.4 Å². The zero-order valence-corrected chi connectivity index (χ0v) is 22.3. The Kier molecular flexibility index (Phi) is 8.30. The Labute approximate surface area is 230 Å². The van der Waals surface area contributed by atoms with E-state index in [-0.39, 0.29) is 17.6 Å². The van der Waals surface area contributed by atoms with Crippen molar-refractivity contribution in [2.75, 3.05) is 0 Å². The number of benzene rings is 2. The lowest BCUT2D eigenvalue weighted by atomic mass is 9.98. The molecule has 5 rings (SSSR count). The summed E-state index contributed by atoms with van der Waals surface area (Å²) in [5, 5.41) is 2.77. The topological polar surface area (TPSA) is 79.4 Å². The smallest absolute Gasteiger partial charge is 0.255 e. The zero-order chi connectivity index (χ0) is 27.2. The van der Waals surface area contributed by atoms with Gasteiger partial charge in [0.05, 0.1) is 0 Å². The van der Waals surface area contributed by atoms with Gasteiger partial charge in [-0.25, -0.2) is 0 Å². The quantitative estimate of drug-likeness (QED) is 0.355. The minimum absolute atomic E-state index is 0.0996. The van der Waals surface area contributed by atoms with Gasteiger partial charge in [-0.05, 0) is 91.0 Å². The van der Waals surface area contributed by atoms with E-state index in [2.05, 4.69) is 53.3 Å². The lowest BCUT2D eigenvalue weighted by Gasteiger charge is -2.30. The largest absolute Gasteiger partial charge is 0.329 e. The third-order valence-electron chi connectivity index (χ3n) is 7.75. The van der Waals surface area contributed by atoms with Gasteiger partial charge in [0.15, 0.2) is 0 Å². The number of allylic oxidation sites excluding steroid dienone is 1. The molecule has 0 spiro atoms. The number of nitrogens with one attached hydrogen (secondary N) is 1. The van der Waals surface area contributed by atoms with Crippen LogP contribution in [0.15, 0.2) is 79.3 Å². The fourth-order valence-electron chi connectivity index (χ4n) is 5.49. The predicted molar refractivity (Wildman–Crippen MR) is 151 cm³/mol. The fraction of sp³-hybridized carbons (Fsp3) is 0.333. The number of unbranched alkanes of at least 4 members (excludes halogenated alkanes) is 1. The van der Waals surface area contributed by atoms with Gasteiger partial charge in [0.25, 0.3) is 5.91 Å². The predicted octanol–water partition coefficient (Wildman–Crippen LogP) is 5.14. The summed E-state index contributed by atoms with van der Waals surface area (Å²) in [5.74, 6) is -0.0536. The Balaban J connectivity index is 1.07. The first-order valence-electron chi connectivity index (χ1n) is 13.9. The molecule has 1 N–H and O–H groups in total. The number of aryl methyl sites for hydroxylation is 3. The van der Waals surface area contributed by atoms with Crippen molar-refractivity contribution < 1.29 is 14.4 Å². The van der Waals surface area contributed by atoms with Crippen LogP contribution in [0.1, 0.15) is 70.3 Å². The molecule has 6 heteroatoms. The third kappa shape index (κ3) is 6.69. The Morgan fingerprint density at radius 1 is 0.897 bits per heavy atom. The zero-order valence-electron chi connectivity index (χ0n) is 22.3. The Morgan fingerprint density at radius 3 is 2.28 bits per heavy atom. The average Bonchev–Trinajstić information content (AvgIpc) is 3.26. The van der Waals surface area contributed by atoms with Gasteiger partial charge < -0.3 is 10.2 Å². The summed E-state index contributed by atoms with van der Waals surface area (Å²) in [7, 11) is 0. The van der Waals surface area contributed by atoms with Gasteiger partial charge in [-0.2, -0.15) is 0 Å². The first-order chi connectivity index (χ1) is 19.0. The van der Waals surface area contributed by atoms with Crippen molar-refractivity contribution in [3.05, 3.63) is 113 Å². The van der Waals surface area contributed by atoms with E-state index in [4.69, 9.17) is 0 Å². The summed E-state index contributed by atoms with van der Waals surface area (Å²) in [4.78, 5) is 43.8. The second-order valence-electron chi connectivity index (χ2n) is 10.7. The van der Waals surface area contributed by atoms with E-state index in [0.717, 1.165) is 42.4 Å². The summed E-state index contributed by atoms with van der Waals surface area (Å²) in [5.41, 5.74) is 7.01. The summed E-state index contributed by atoms with van der Waals surface area (Å²) in [6.45, 7) is 4.25. The fourth-order valence-corrected chi connectivity index (χ4v) is 5.49. The van der Waals surface area contributed by atoms with Crippen LogP contribution in [-0.4, -0.2) is 33.5 Å². The molecule has 0 radical (unpaired) electrons. The van der Waals surface area contributed by atoms with Gasteiger partial charge in [0.1, 0.15) is 11.8 Å². The standard InChI is InChI=1S/C33H35N3O3/c1-23-6-15-31(32(38)35-23)36-22-28-20-26(12-14-30(28)33(36)39)11-13-29(37)21-27-9-7-24(8-10-27)4-2-3-5-25-16-18-34-19-17-25/h7-10,12,14,16-20,31H,1-6,11,13,15,21-22H2,(H,35,38). The maximum absolute atomic E-state index is 12.9. The number of ketones is 1. The molecule has 2 aliphatic rings. The minimum Gasteiger partial charge on any atom is -0.329 e. The molecular weight excluding hydrogens is 486 g/mol. The molecule has 2 aliphatic heterocycles. The Morgan fingerprint density at radius 2 is 1.56 bits per heavy atom. The van der Waals surface area contributed by atoms with Crippen molar-refractivity contribution in [1.29, 1.82) is 0 Å². The molecule has 200 valence electrons. The summed E-state index contributed by atoms with van der Waals surface area (Å²) < 4.78 is 0. The Hall–Kier alpha value is -4.06. The van der Waals surface area contributed by atoms with Crippen LogP contribution in [0, 0.1) is 0 Å². The van der Waals surface area contributed by atoms with Crippen LogP contribution >= 0.6 is 0 Å². The van der Waals surface area contributed by atoms with Gasteiger partial charge in [-0.1, -0.05) is 43.0 Å². The average molecular weight is 522 g/mol. The molecule has 0 bridgehead atoms. The first-order valence-corrected chi connectivity index (χ1v) is 13.9. The van der Waals surface area contributed by atoms with Crippen LogP contribution in [-0.2, 0) is 41.8 Å². The van der Waals surface area contributed by atoms with Crippen molar-refractivity contribution in [3.63, 3.8) is 0 Å². The highest BCUT2D eigenvalue weighted by atomic mass is 16.2. The monoisotopic (exact) mass is 521 g/mol. The lowest BCUT2D eigenvalue weighted by Crippen LogP contribution is -2.49. The molecular formula is C33H35N3O3. The number of nitrogens with zero attached hydrogens (tertiary/aromatic N) is 2. The number of amides is 2. The van der Waals surface area contributed by atoms with Crippen LogP contribution in [0.25, 0.3) is 0 Å². The van der Waals surface area contributed by atoms with Gasteiger partial charge in [-0.15, -0.1) is 0 Å². The number of aromatic nitrogens is 1. The maximum Gasteiger partial charge on any atom is 0.255 e. The van der Waals surface area contributed by atoms with Crippen LogP contribution in [0.2, 0.25) is 0 Å². The van der Waals surface area contributed by atoms with E-state index in [9.17, 15) is 14.4 Å². The van der Waals surface area contributed by atoms with E-state index in [0.29, 0.717) is 49.9 Å². The molecule has 0 aliphatic carbocycles. The number of carbonyl (C=O) groups excluding carboxylic acids is 3. The van der Waals surface area contributed by atoms with Crippen molar-refractivity contribution in [2.45, 2.75) is 70.4 Å². The van der Waals surface area contributed by atoms with Gasteiger partial charge in [0.2, 0.25) is 5.91 Å². The van der Waals surface area contributed by atoms with Gasteiger partial charge in [0, 0.05) is 43.0 Å². The number of piperidine rings is 1. The molecule has 1 saturated heterocycles. The molecule has 3 heterocycles. The van der Waals surface area contributed by atoms with E-state index in [1.807, 2.05) is 30.6 Å². The highest BCUT2D eigenvalue weighted by Gasteiger charge is 2.38. The molecule has 2 amide bonds. The molecule has 2 aromatic carbocycles. The molecule has 39 heavy (non-hydrogen) atoms. The van der Waals surface area contributed by atoms with Crippen LogP contribution in [0.4, 0.5) is 0 Å². The van der Waals surface area contributed by atoms with Crippen LogP contribution < -0.4 is 5.32 Å². The molecule has 3 aromatic rings. The number of carbonyl (C=O) groups is 3.